The van der Waals surface area contributed by atoms with E-state index in [-0.39, 0.29) is 17.8 Å². The molecule has 0 aliphatic carbocycles. The fraction of sp³-hybridized carbons (Fsp3) is 0.207. The number of hydrogen-bond donors (Lipinski definition) is 2. The molecule has 1 aliphatic rings. The molecule has 1 heterocycles. The van der Waals surface area contributed by atoms with Crippen molar-refractivity contribution >= 4 is 29.1 Å². The summed E-state index contributed by atoms with van der Waals surface area (Å²) in [5, 5.41) is 20.5. The number of hydrogen-bond acceptors (Lipinski definition) is 6. The first-order valence-electron chi connectivity index (χ1n) is 11.7. The van der Waals surface area contributed by atoms with Crippen LogP contribution in [0.4, 0.5) is 5.69 Å². The van der Waals surface area contributed by atoms with Gasteiger partial charge in [0.15, 0.2) is 0 Å². The Morgan fingerprint density at radius 1 is 0.973 bits per heavy atom. The second kappa shape index (κ2) is 10.6. The van der Waals surface area contributed by atoms with Gasteiger partial charge in [-0.1, -0.05) is 30.3 Å². The molecule has 0 spiro atoms. The number of nitrogens with zero attached hydrogens (tertiary/aromatic N) is 1. The van der Waals surface area contributed by atoms with Gasteiger partial charge in [0, 0.05) is 16.8 Å². The predicted octanol–water partition coefficient (Wildman–Crippen LogP) is 4.66. The van der Waals surface area contributed by atoms with Crippen molar-refractivity contribution in [3.63, 3.8) is 0 Å². The van der Waals surface area contributed by atoms with E-state index in [1.54, 1.807) is 66.7 Å². The average Bonchev–Trinajstić information content (AvgIpc) is 3.15. The van der Waals surface area contributed by atoms with Gasteiger partial charge in [-0.05, 0) is 61.4 Å². The summed E-state index contributed by atoms with van der Waals surface area (Å²) in [6.07, 6.45) is -0.174. The molecule has 1 amide bonds. The third-order valence-electron chi connectivity index (χ3n) is 6.20. The Balaban J connectivity index is 1.90. The molecule has 0 radical (unpaired) electrons. The van der Waals surface area contributed by atoms with Crippen molar-refractivity contribution in [1.29, 1.82) is 0 Å². The van der Waals surface area contributed by atoms with Crippen LogP contribution in [0.3, 0.4) is 0 Å². The SMILES string of the molecule is CCOc1ccc(/C(O)=C2\C(=O)C(=O)N(c3ccc(CC(=O)O)cc3)C2c2ccccc2OC)cc1C. The number of anilines is 1. The van der Waals surface area contributed by atoms with Crippen LogP contribution in [0.25, 0.3) is 5.76 Å². The molecule has 1 aliphatic heterocycles. The second-order valence-electron chi connectivity index (χ2n) is 8.56. The summed E-state index contributed by atoms with van der Waals surface area (Å²) in [4.78, 5) is 39.2. The van der Waals surface area contributed by atoms with Crippen LogP contribution in [0.1, 0.15) is 35.2 Å². The number of aliphatic hydroxyl groups excluding tert-OH is 1. The van der Waals surface area contributed by atoms with E-state index in [0.717, 1.165) is 5.56 Å². The van der Waals surface area contributed by atoms with Gasteiger partial charge in [-0.15, -0.1) is 0 Å². The van der Waals surface area contributed by atoms with Gasteiger partial charge in [0.25, 0.3) is 11.7 Å². The number of methoxy groups -OCH3 is 1. The number of Topliss-reactive ketones (excluding diaryl/α,β-unsaturated/α-hetero) is 1. The van der Waals surface area contributed by atoms with Crippen molar-refractivity contribution in [1.82, 2.24) is 0 Å². The van der Waals surface area contributed by atoms with Crippen LogP contribution in [0, 0.1) is 6.92 Å². The zero-order valence-electron chi connectivity index (χ0n) is 20.7. The highest BCUT2D eigenvalue weighted by atomic mass is 16.5. The van der Waals surface area contributed by atoms with E-state index in [1.807, 2.05) is 13.8 Å². The Kier molecular flexibility index (Phi) is 7.29. The number of para-hydroxylation sites is 1. The van der Waals surface area contributed by atoms with Gasteiger partial charge in [-0.3, -0.25) is 19.3 Å². The van der Waals surface area contributed by atoms with Crippen molar-refractivity contribution in [3.8, 4) is 11.5 Å². The Labute approximate surface area is 214 Å². The highest BCUT2D eigenvalue weighted by molar-refractivity contribution is 6.51. The van der Waals surface area contributed by atoms with Gasteiger partial charge in [-0.2, -0.15) is 0 Å². The molecule has 8 nitrogen and oxygen atoms in total. The van der Waals surface area contributed by atoms with Gasteiger partial charge >= 0.3 is 5.97 Å². The molecule has 1 unspecified atom stereocenters. The Morgan fingerprint density at radius 3 is 2.30 bits per heavy atom. The van der Waals surface area contributed by atoms with Gasteiger partial charge < -0.3 is 19.7 Å². The molecule has 8 heteroatoms. The molecule has 1 atom stereocenters. The lowest BCUT2D eigenvalue weighted by Crippen LogP contribution is -2.29. The number of carbonyl (C=O) groups is 3. The van der Waals surface area contributed by atoms with Crippen LogP contribution in [-0.2, 0) is 20.8 Å². The molecular weight excluding hydrogens is 474 g/mol. The molecular formula is C29H27NO7. The first-order chi connectivity index (χ1) is 17.8. The van der Waals surface area contributed by atoms with Crippen molar-refractivity contribution in [3.05, 3.63) is 94.6 Å². The Hall–Kier alpha value is -4.59. The lowest BCUT2D eigenvalue weighted by Gasteiger charge is -2.26. The van der Waals surface area contributed by atoms with E-state index in [2.05, 4.69) is 0 Å². The van der Waals surface area contributed by atoms with Crippen LogP contribution in [0.15, 0.2) is 72.3 Å². The fourth-order valence-electron chi connectivity index (χ4n) is 4.50. The third kappa shape index (κ3) is 4.91. The van der Waals surface area contributed by atoms with Crippen LogP contribution < -0.4 is 14.4 Å². The summed E-state index contributed by atoms with van der Waals surface area (Å²) in [5.41, 5.74) is 2.51. The number of ether oxygens (including phenoxy) is 2. The molecule has 3 aromatic rings. The van der Waals surface area contributed by atoms with E-state index < -0.39 is 23.7 Å². The zero-order chi connectivity index (χ0) is 26.7. The maximum absolute atomic E-state index is 13.4. The minimum atomic E-state index is -0.979. The molecule has 0 saturated carbocycles. The number of benzene rings is 3. The fourth-order valence-corrected chi connectivity index (χ4v) is 4.50. The number of ketones is 1. The van der Waals surface area contributed by atoms with E-state index in [0.29, 0.717) is 40.5 Å². The first kappa shape index (κ1) is 25.5. The highest BCUT2D eigenvalue weighted by Crippen LogP contribution is 2.45. The maximum atomic E-state index is 13.4. The number of amides is 1. The number of carboxylic acids is 1. The summed E-state index contributed by atoms with van der Waals surface area (Å²) in [7, 11) is 1.49. The third-order valence-corrected chi connectivity index (χ3v) is 6.20. The number of carboxylic acid groups (broad SMARTS) is 1. The molecule has 3 aromatic carbocycles. The van der Waals surface area contributed by atoms with Crippen molar-refractivity contribution in [2.75, 3.05) is 18.6 Å². The zero-order valence-corrected chi connectivity index (χ0v) is 20.7. The predicted molar refractivity (Wildman–Crippen MR) is 138 cm³/mol. The lowest BCUT2D eigenvalue weighted by molar-refractivity contribution is -0.136. The Morgan fingerprint density at radius 2 is 1.68 bits per heavy atom. The molecule has 4 rings (SSSR count). The molecule has 190 valence electrons. The van der Waals surface area contributed by atoms with Crippen LogP contribution in [0.5, 0.6) is 11.5 Å². The quantitative estimate of drug-likeness (QED) is 0.262. The van der Waals surface area contributed by atoms with Gasteiger partial charge in [-0.25, -0.2) is 0 Å². The molecule has 37 heavy (non-hydrogen) atoms. The lowest BCUT2D eigenvalue weighted by atomic mass is 9.94. The summed E-state index contributed by atoms with van der Waals surface area (Å²) in [6.45, 7) is 4.18. The van der Waals surface area contributed by atoms with Crippen LogP contribution >= 0.6 is 0 Å². The summed E-state index contributed by atoms with van der Waals surface area (Å²) in [6, 6.07) is 17.4. The molecule has 2 N–H and O–H groups in total. The van der Waals surface area contributed by atoms with Gasteiger partial charge in [0.1, 0.15) is 17.3 Å². The summed E-state index contributed by atoms with van der Waals surface area (Å²) < 4.78 is 11.1. The van der Waals surface area contributed by atoms with E-state index >= 15 is 0 Å². The van der Waals surface area contributed by atoms with Crippen LogP contribution in [-0.4, -0.2) is 41.6 Å². The average molecular weight is 502 g/mol. The molecule has 0 aromatic heterocycles. The van der Waals surface area contributed by atoms with E-state index in [4.69, 9.17) is 14.6 Å². The maximum Gasteiger partial charge on any atom is 0.307 e. The van der Waals surface area contributed by atoms with Crippen molar-refractivity contribution < 1.29 is 34.1 Å². The van der Waals surface area contributed by atoms with Gasteiger partial charge in [0.05, 0.1) is 31.8 Å². The highest BCUT2D eigenvalue weighted by Gasteiger charge is 2.47. The normalized spacial score (nSPS) is 16.6. The second-order valence-corrected chi connectivity index (χ2v) is 8.56. The minimum absolute atomic E-state index is 0.0762. The first-order valence-corrected chi connectivity index (χ1v) is 11.7. The topological polar surface area (TPSA) is 113 Å². The number of carbonyl (C=O) groups excluding carboxylic acids is 2. The monoisotopic (exact) mass is 501 g/mol. The van der Waals surface area contributed by atoms with Crippen molar-refractivity contribution in [2.24, 2.45) is 0 Å². The largest absolute Gasteiger partial charge is 0.507 e. The standard InChI is InChI=1S/C29H27NO7/c1-4-37-22-14-11-19(15-17(22)2)27(33)25-26(21-7-5-6-8-23(21)36-3)30(29(35)28(25)34)20-12-9-18(10-13-20)16-24(31)32/h5-15,26,33H,4,16H2,1-3H3,(H,31,32)/b27-25+. The molecule has 1 saturated heterocycles. The summed E-state index contributed by atoms with van der Waals surface area (Å²) >= 11 is 0. The summed E-state index contributed by atoms with van der Waals surface area (Å²) in [5.74, 6) is -1.85. The van der Waals surface area contributed by atoms with Crippen molar-refractivity contribution in [2.45, 2.75) is 26.3 Å². The number of aliphatic carboxylic acids is 1. The number of rotatable bonds is 8. The molecule has 0 bridgehead atoms. The minimum Gasteiger partial charge on any atom is -0.507 e. The smallest absolute Gasteiger partial charge is 0.307 e. The van der Waals surface area contributed by atoms with E-state index in [9.17, 15) is 19.5 Å². The van der Waals surface area contributed by atoms with Crippen LogP contribution in [0.2, 0.25) is 0 Å². The Bertz CT molecular complexity index is 1390. The molecule has 1 fully saturated rings. The van der Waals surface area contributed by atoms with Gasteiger partial charge in [0.2, 0.25) is 0 Å². The number of aryl methyl sites for hydroxylation is 1. The van der Waals surface area contributed by atoms with E-state index in [1.165, 1.54) is 12.0 Å². The number of aliphatic hydroxyl groups is 1.